The summed E-state index contributed by atoms with van der Waals surface area (Å²) in [5.41, 5.74) is 13.9. The highest BCUT2D eigenvalue weighted by molar-refractivity contribution is 7.13. The molecule has 0 aliphatic heterocycles. The van der Waals surface area contributed by atoms with Crippen LogP contribution in [0.25, 0.3) is 11.4 Å². The van der Waals surface area contributed by atoms with Crippen LogP contribution in [0.1, 0.15) is 75.3 Å². The Balaban J connectivity index is 1.70. The number of nitrogens with zero attached hydrogens (tertiary/aromatic N) is 3. The Hall–Kier alpha value is -3.15. The fourth-order valence-electron chi connectivity index (χ4n) is 3.53. The van der Waals surface area contributed by atoms with Gasteiger partial charge in [-0.3, -0.25) is 4.79 Å². The molecule has 10 nitrogen and oxygen atoms in total. The van der Waals surface area contributed by atoms with E-state index in [1.807, 2.05) is 13.0 Å². The second kappa shape index (κ2) is 12.5. The van der Waals surface area contributed by atoms with Crippen LogP contribution in [0.4, 0.5) is 0 Å². The number of carbonyl (C=O) groups is 2. The van der Waals surface area contributed by atoms with Crippen LogP contribution >= 0.6 is 11.3 Å². The Bertz CT molecular complexity index is 1140. The first-order valence-electron chi connectivity index (χ1n) is 11.6. The average molecular weight is 501 g/mol. The normalized spacial score (nSPS) is 12.8. The third kappa shape index (κ3) is 7.17. The fourth-order valence-corrected chi connectivity index (χ4v) is 4.51. The number of nitrogens with one attached hydrogen (secondary N) is 1. The van der Waals surface area contributed by atoms with Crippen LogP contribution in [0.3, 0.4) is 0 Å². The first-order valence-corrected chi connectivity index (χ1v) is 12.5. The predicted octanol–water partition coefficient (Wildman–Crippen LogP) is 3.30. The number of thiazole rings is 1. The number of aromatic nitrogens is 3. The number of hydrogen-bond donors (Lipinski definition) is 3. The van der Waals surface area contributed by atoms with Crippen molar-refractivity contribution in [2.75, 3.05) is 13.2 Å². The van der Waals surface area contributed by atoms with E-state index in [0.29, 0.717) is 64.4 Å². The van der Waals surface area contributed by atoms with Crippen molar-refractivity contribution in [1.29, 1.82) is 0 Å². The zero-order valence-electron chi connectivity index (χ0n) is 20.2. The van der Waals surface area contributed by atoms with Crippen molar-refractivity contribution < 1.29 is 18.8 Å². The smallest absolute Gasteiger partial charge is 0.350 e. The molecule has 2 aromatic heterocycles. The Morgan fingerprint density at radius 3 is 2.74 bits per heavy atom. The monoisotopic (exact) mass is 500 g/mol. The van der Waals surface area contributed by atoms with E-state index in [1.54, 1.807) is 32.0 Å². The summed E-state index contributed by atoms with van der Waals surface area (Å²) in [6.45, 7) is 6.27. The molecule has 0 aliphatic rings. The minimum Gasteiger partial charge on any atom is -0.461 e. The predicted molar refractivity (Wildman–Crippen MR) is 133 cm³/mol. The molecule has 0 aliphatic carbocycles. The van der Waals surface area contributed by atoms with E-state index >= 15 is 0 Å². The van der Waals surface area contributed by atoms with Crippen molar-refractivity contribution in [2.45, 2.75) is 58.5 Å². The summed E-state index contributed by atoms with van der Waals surface area (Å²) < 4.78 is 10.3. The van der Waals surface area contributed by atoms with Gasteiger partial charge in [0.1, 0.15) is 9.88 Å². The average Bonchev–Trinajstić information content (AvgIpc) is 3.46. The number of nitrogens with two attached hydrogens (primary N) is 2. The Morgan fingerprint density at radius 1 is 1.26 bits per heavy atom. The zero-order valence-corrected chi connectivity index (χ0v) is 21.1. The maximum absolute atomic E-state index is 13.1. The Labute approximate surface area is 208 Å². The van der Waals surface area contributed by atoms with Crippen molar-refractivity contribution in [2.24, 2.45) is 11.5 Å². The van der Waals surface area contributed by atoms with Gasteiger partial charge in [-0.1, -0.05) is 24.2 Å². The molecule has 2 atom stereocenters. The van der Waals surface area contributed by atoms with Crippen molar-refractivity contribution >= 4 is 23.2 Å². The van der Waals surface area contributed by atoms with Gasteiger partial charge in [-0.25, -0.2) is 9.78 Å². The van der Waals surface area contributed by atoms with Crippen molar-refractivity contribution in [3.8, 4) is 11.4 Å². The van der Waals surface area contributed by atoms with Gasteiger partial charge in [-0.2, -0.15) is 4.98 Å². The molecule has 2 heterocycles. The first kappa shape index (κ1) is 26.5. The summed E-state index contributed by atoms with van der Waals surface area (Å²) in [6, 6.07) is 6.35. The lowest BCUT2D eigenvalue weighted by Gasteiger charge is -2.21. The molecule has 0 spiro atoms. The lowest BCUT2D eigenvalue weighted by Crippen LogP contribution is -2.37. The van der Waals surface area contributed by atoms with E-state index in [0.717, 1.165) is 12.8 Å². The van der Waals surface area contributed by atoms with E-state index < -0.39 is 6.04 Å². The number of ether oxygens (including phenoxy) is 1. The number of aryl methyl sites for hydroxylation is 2. The highest BCUT2D eigenvalue weighted by atomic mass is 32.1. The molecule has 0 saturated heterocycles. The van der Waals surface area contributed by atoms with Crippen LogP contribution in [0, 0.1) is 13.8 Å². The molecular formula is C24H32N6O4S. The molecule has 188 valence electrons. The van der Waals surface area contributed by atoms with E-state index in [4.69, 9.17) is 20.7 Å². The van der Waals surface area contributed by atoms with Crippen molar-refractivity contribution in [3.05, 3.63) is 51.3 Å². The van der Waals surface area contributed by atoms with Gasteiger partial charge in [0.05, 0.1) is 18.3 Å². The van der Waals surface area contributed by atoms with Gasteiger partial charge in [-0.05, 0) is 51.3 Å². The number of esters is 1. The third-order valence-corrected chi connectivity index (χ3v) is 6.56. The van der Waals surface area contributed by atoms with Crippen LogP contribution < -0.4 is 16.8 Å². The van der Waals surface area contributed by atoms with Gasteiger partial charge >= 0.3 is 5.97 Å². The topological polar surface area (TPSA) is 159 Å². The summed E-state index contributed by atoms with van der Waals surface area (Å²) in [7, 11) is 0. The summed E-state index contributed by atoms with van der Waals surface area (Å²) in [5, 5.41) is 7.61. The minimum atomic E-state index is -0.455. The number of rotatable bonds is 12. The number of hydrogen-bond acceptors (Lipinski definition) is 10. The maximum Gasteiger partial charge on any atom is 0.350 e. The number of benzene rings is 1. The number of carbonyl (C=O) groups excluding carboxylic acids is 2. The molecule has 11 heteroatoms. The lowest BCUT2D eigenvalue weighted by atomic mass is 10.0. The van der Waals surface area contributed by atoms with Crippen molar-refractivity contribution in [1.82, 2.24) is 20.4 Å². The SMILES string of the molecule is CCCOC(=O)c1sc([C@@H](N)C[C@H](CCCN)NC(=O)c2cccc(-c3noc(C)n3)c2)nc1C. The first-order chi connectivity index (χ1) is 16.8. The highest BCUT2D eigenvalue weighted by Crippen LogP contribution is 2.27. The maximum atomic E-state index is 13.1. The Kier molecular flexibility index (Phi) is 9.47. The highest BCUT2D eigenvalue weighted by Gasteiger charge is 2.23. The van der Waals surface area contributed by atoms with Crippen LogP contribution in [-0.4, -0.2) is 46.2 Å². The molecular weight excluding hydrogens is 468 g/mol. The fraction of sp³-hybridized carbons (Fsp3) is 0.458. The second-order valence-corrected chi connectivity index (χ2v) is 9.29. The van der Waals surface area contributed by atoms with Gasteiger partial charge in [0.25, 0.3) is 5.91 Å². The molecule has 0 saturated carbocycles. The van der Waals surface area contributed by atoms with Crippen LogP contribution in [0.15, 0.2) is 28.8 Å². The van der Waals surface area contributed by atoms with Gasteiger partial charge in [0.2, 0.25) is 11.7 Å². The van der Waals surface area contributed by atoms with E-state index in [2.05, 4.69) is 20.4 Å². The standard InChI is InChI=1S/C24H32N6O4S/c1-4-11-33-24(32)20-14(2)27-23(35-20)19(26)13-18(9-6-10-25)29-22(31)17-8-5-7-16(12-17)21-28-15(3)34-30-21/h5,7-8,12,18-19H,4,6,9-11,13,25-26H2,1-3H3,(H,29,31)/t18-,19-/m0/s1. The molecule has 0 radical (unpaired) electrons. The molecule has 1 amide bonds. The van der Waals surface area contributed by atoms with Crippen LogP contribution in [-0.2, 0) is 4.74 Å². The van der Waals surface area contributed by atoms with E-state index in [9.17, 15) is 9.59 Å². The molecule has 35 heavy (non-hydrogen) atoms. The molecule has 0 unspecified atom stereocenters. The summed E-state index contributed by atoms with van der Waals surface area (Å²) in [4.78, 5) is 34.5. The summed E-state index contributed by atoms with van der Waals surface area (Å²) in [5.74, 6) is 0.251. The Morgan fingerprint density at radius 2 is 2.06 bits per heavy atom. The number of amides is 1. The van der Waals surface area contributed by atoms with Crippen molar-refractivity contribution in [3.63, 3.8) is 0 Å². The second-order valence-electron chi connectivity index (χ2n) is 8.26. The lowest BCUT2D eigenvalue weighted by molar-refractivity contribution is 0.0509. The van der Waals surface area contributed by atoms with E-state index in [1.165, 1.54) is 11.3 Å². The molecule has 1 aromatic carbocycles. The summed E-state index contributed by atoms with van der Waals surface area (Å²) in [6.07, 6.45) is 2.59. The molecule has 5 N–H and O–H groups in total. The van der Waals surface area contributed by atoms with Gasteiger partial charge in [0.15, 0.2) is 0 Å². The largest absolute Gasteiger partial charge is 0.461 e. The quantitative estimate of drug-likeness (QED) is 0.317. The van der Waals surface area contributed by atoms with Gasteiger partial charge < -0.3 is 26.0 Å². The molecule has 3 aromatic rings. The third-order valence-electron chi connectivity index (χ3n) is 5.29. The van der Waals surface area contributed by atoms with Crippen LogP contribution in [0.2, 0.25) is 0 Å². The zero-order chi connectivity index (χ0) is 25.4. The summed E-state index contributed by atoms with van der Waals surface area (Å²) >= 11 is 1.24. The van der Waals surface area contributed by atoms with E-state index in [-0.39, 0.29) is 17.9 Å². The molecule has 0 fully saturated rings. The molecule has 3 rings (SSSR count). The molecule has 0 bridgehead atoms. The van der Waals surface area contributed by atoms with Gasteiger partial charge in [-0.15, -0.1) is 11.3 Å². The minimum absolute atomic E-state index is 0.225. The van der Waals surface area contributed by atoms with Gasteiger partial charge in [0, 0.05) is 24.1 Å². The van der Waals surface area contributed by atoms with Crippen LogP contribution in [0.5, 0.6) is 0 Å².